The Morgan fingerprint density at radius 2 is 2.40 bits per heavy atom. The highest BCUT2D eigenvalue weighted by Gasteiger charge is 2.15. The number of hydrogen-bond acceptors (Lipinski definition) is 5. The van der Waals surface area contributed by atoms with Crippen LogP contribution in [0.15, 0.2) is 18.5 Å². The number of amides is 1. The SMILES string of the molecule is Cc1cnn(CCCNC(=O)c2cc([N+](=O)[O-])[nH]n2)c1. The minimum Gasteiger partial charge on any atom is -0.358 e. The molecule has 0 unspecified atom stereocenters. The number of aromatic nitrogens is 4. The van der Waals surface area contributed by atoms with Crippen molar-refractivity contribution in [2.75, 3.05) is 6.54 Å². The Bertz CT molecular complexity index is 617. The van der Waals surface area contributed by atoms with E-state index >= 15 is 0 Å². The summed E-state index contributed by atoms with van der Waals surface area (Å²) in [7, 11) is 0. The molecule has 2 rings (SSSR count). The van der Waals surface area contributed by atoms with Gasteiger partial charge in [-0.15, -0.1) is 5.10 Å². The van der Waals surface area contributed by atoms with Crippen molar-refractivity contribution in [2.45, 2.75) is 19.9 Å². The van der Waals surface area contributed by atoms with Crippen molar-refractivity contribution in [3.63, 3.8) is 0 Å². The molecule has 2 N–H and O–H groups in total. The summed E-state index contributed by atoms with van der Waals surface area (Å²) in [5.41, 5.74) is 1.09. The van der Waals surface area contributed by atoms with Crippen LogP contribution in [0.4, 0.5) is 5.82 Å². The topological polar surface area (TPSA) is 119 Å². The van der Waals surface area contributed by atoms with Gasteiger partial charge in [0, 0.05) is 19.3 Å². The third kappa shape index (κ3) is 3.40. The van der Waals surface area contributed by atoms with E-state index in [0.717, 1.165) is 11.6 Å². The lowest BCUT2D eigenvalue weighted by atomic mass is 10.3. The molecule has 0 aromatic carbocycles. The van der Waals surface area contributed by atoms with Gasteiger partial charge >= 0.3 is 5.82 Å². The van der Waals surface area contributed by atoms with Crippen molar-refractivity contribution in [3.8, 4) is 0 Å². The Balaban J connectivity index is 1.75. The first-order chi connectivity index (χ1) is 9.56. The van der Waals surface area contributed by atoms with Gasteiger partial charge in [0.2, 0.25) is 0 Å². The summed E-state index contributed by atoms with van der Waals surface area (Å²) in [6.45, 7) is 3.09. The van der Waals surface area contributed by atoms with Gasteiger partial charge in [-0.3, -0.25) is 9.48 Å². The average molecular weight is 278 g/mol. The second-order valence-corrected chi connectivity index (χ2v) is 4.29. The van der Waals surface area contributed by atoms with E-state index in [0.29, 0.717) is 19.5 Å². The minimum absolute atomic E-state index is 0.00614. The smallest absolute Gasteiger partial charge is 0.343 e. The normalized spacial score (nSPS) is 10.4. The fraction of sp³-hybridized carbons (Fsp3) is 0.364. The molecule has 0 saturated carbocycles. The predicted octanol–water partition coefficient (Wildman–Crippen LogP) is 0.643. The van der Waals surface area contributed by atoms with Crippen molar-refractivity contribution in [1.82, 2.24) is 25.3 Å². The molecule has 2 aromatic rings. The number of aryl methyl sites for hydroxylation is 2. The monoisotopic (exact) mass is 278 g/mol. The largest absolute Gasteiger partial charge is 0.358 e. The lowest BCUT2D eigenvalue weighted by Crippen LogP contribution is -2.25. The van der Waals surface area contributed by atoms with Crippen LogP contribution in [0.25, 0.3) is 0 Å². The molecule has 0 radical (unpaired) electrons. The molecule has 2 heterocycles. The van der Waals surface area contributed by atoms with Gasteiger partial charge in [-0.25, -0.2) is 0 Å². The Morgan fingerprint density at radius 1 is 1.60 bits per heavy atom. The summed E-state index contributed by atoms with van der Waals surface area (Å²) >= 11 is 0. The molecule has 9 nitrogen and oxygen atoms in total. The van der Waals surface area contributed by atoms with Crippen molar-refractivity contribution >= 4 is 11.7 Å². The maximum absolute atomic E-state index is 11.7. The quantitative estimate of drug-likeness (QED) is 0.456. The summed E-state index contributed by atoms with van der Waals surface area (Å²) in [6, 6.07) is 1.10. The number of carbonyl (C=O) groups excluding carboxylic acids is 1. The van der Waals surface area contributed by atoms with Gasteiger partial charge in [-0.2, -0.15) is 5.10 Å². The van der Waals surface area contributed by atoms with Crippen molar-refractivity contribution in [3.05, 3.63) is 39.8 Å². The Hall–Kier alpha value is -2.71. The molecule has 20 heavy (non-hydrogen) atoms. The van der Waals surface area contributed by atoms with Crippen LogP contribution in [0.3, 0.4) is 0 Å². The summed E-state index contributed by atoms with van der Waals surface area (Å²) in [5, 5.41) is 23.0. The van der Waals surface area contributed by atoms with Gasteiger partial charge in [-0.1, -0.05) is 5.10 Å². The van der Waals surface area contributed by atoms with E-state index in [1.165, 1.54) is 0 Å². The maximum atomic E-state index is 11.7. The molecular weight excluding hydrogens is 264 g/mol. The minimum atomic E-state index is -0.635. The number of aromatic amines is 1. The summed E-state index contributed by atoms with van der Waals surface area (Å²) in [5.74, 6) is -0.742. The lowest BCUT2D eigenvalue weighted by molar-refractivity contribution is -0.389. The Labute approximate surface area is 114 Å². The third-order valence-corrected chi connectivity index (χ3v) is 2.61. The number of nitro groups is 1. The molecule has 1 amide bonds. The summed E-state index contributed by atoms with van der Waals surface area (Å²) < 4.78 is 1.79. The number of H-pyrrole nitrogens is 1. The molecule has 0 spiro atoms. The first kappa shape index (κ1) is 13.7. The molecule has 0 atom stereocenters. The molecule has 2 aromatic heterocycles. The van der Waals surface area contributed by atoms with E-state index in [-0.39, 0.29) is 11.5 Å². The van der Waals surface area contributed by atoms with Crippen molar-refractivity contribution in [2.24, 2.45) is 0 Å². The van der Waals surface area contributed by atoms with E-state index < -0.39 is 10.8 Å². The highest BCUT2D eigenvalue weighted by molar-refractivity contribution is 5.92. The number of nitrogens with zero attached hydrogens (tertiary/aromatic N) is 4. The highest BCUT2D eigenvalue weighted by atomic mass is 16.6. The summed E-state index contributed by atoms with van der Waals surface area (Å²) in [6.07, 6.45) is 4.39. The van der Waals surface area contributed by atoms with Crippen molar-refractivity contribution < 1.29 is 9.72 Å². The standard InChI is InChI=1S/C11H14N6O3/c1-8-6-13-16(7-8)4-2-3-12-11(18)9-5-10(15-14-9)17(19)20/h5-7H,2-4H2,1H3,(H,12,18)(H,14,15). The van der Waals surface area contributed by atoms with Gasteiger partial charge in [0.15, 0.2) is 5.69 Å². The van der Waals surface area contributed by atoms with Crippen LogP contribution in [0.5, 0.6) is 0 Å². The molecule has 0 bridgehead atoms. The molecule has 0 aliphatic carbocycles. The molecule has 0 aliphatic heterocycles. The average Bonchev–Trinajstić information content (AvgIpc) is 3.03. The first-order valence-electron chi connectivity index (χ1n) is 6.03. The fourth-order valence-electron chi connectivity index (χ4n) is 1.64. The number of hydrogen-bond donors (Lipinski definition) is 2. The summed E-state index contributed by atoms with van der Waals surface area (Å²) in [4.78, 5) is 21.5. The van der Waals surface area contributed by atoms with E-state index in [2.05, 4.69) is 20.6 Å². The highest BCUT2D eigenvalue weighted by Crippen LogP contribution is 2.07. The molecular formula is C11H14N6O3. The molecule has 9 heteroatoms. The van der Waals surface area contributed by atoms with Gasteiger partial charge in [0.05, 0.1) is 12.3 Å². The molecule has 0 fully saturated rings. The zero-order valence-electron chi connectivity index (χ0n) is 10.9. The van der Waals surface area contributed by atoms with Gasteiger partial charge < -0.3 is 15.4 Å². The van der Waals surface area contributed by atoms with Crippen LogP contribution >= 0.6 is 0 Å². The van der Waals surface area contributed by atoms with Crippen molar-refractivity contribution in [1.29, 1.82) is 0 Å². The Morgan fingerprint density at radius 3 is 3.00 bits per heavy atom. The van der Waals surface area contributed by atoms with E-state index in [4.69, 9.17) is 0 Å². The second-order valence-electron chi connectivity index (χ2n) is 4.29. The number of nitrogens with one attached hydrogen (secondary N) is 2. The van der Waals surface area contributed by atoms with Gasteiger partial charge in [-0.05, 0) is 23.8 Å². The molecule has 0 saturated heterocycles. The second kappa shape index (κ2) is 5.95. The van der Waals surface area contributed by atoms with E-state index in [1.807, 2.05) is 13.1 Å². The van der Waals surface area contributed by atoms with Crippen LogP contribution in [-0.2, 0) is 6.54 Å². The lowest BCUT2D eigenvalue weighted by Gasteiger charge is -2.03. The van der Waals surface area contributed by atoms with Crippen LogP contribution in [0.2, 0.25) is 0 Å². The first-order valence-corrected chi connectivity index (χ1v) is 6.03. The number of rotatable bonds is 6. The third-order valence-electron chi connectivity index (χ3n) is 2.61. The van der Waals surface area contributed by atoms with Gasteiger partial charge in [0.25, 0.3) is 5.91 Å². The maximum Gasteiger partial charge on any atom is 0.343 e. The van der Waals surface area contributed by atoms with E-state index in [1.54, 1.807) is 10.9 Å². The van der Waals surface area contributed by atoms with Gasteiger partial charge in [0.1, 0.15) is 0 Å². The van der Waals surface area contributed by atoms with Crippen LogP contribution in [-0.4, -0.2) is 37.4 Å². The van der Waals surface area contributed by atoms with E-state index in [9.17, 15) is 14.9 Å². The zero-order chi connectivity index (χ0) is 14.5. The van der Waals surface area contributed by atoms with Crippen LogP contribution in [0, 0.1) is 17.0 Å². The molecule has 106 valence electrons. The zero-order valence-corrected chi connectivity index (χ0v) is 10.9. The van der Waals surface area contributed by atoms with Crippen LogP contribution < -0.4 is 5.32 Å². The Kier molecular flexibility index (Phi) is 4.08. The fourth-order valence-corrected chi connectivity index (χ4v) is 1.64. The van der Waals surface area contributed by atoms with Crippen LogP contribution in [0.1, 0.15) is 22.5 Å². The molecule has 0 aliphatic rings. The number of carbonyl (C=O) groups is 1. The predicted molar refractivity (Wildman–Crippen MR) is 69.2 cm³/mol.